The molecule has 2 aromatic heterocycles. The molecule has 1 aliphatic rings. The van der Waals surface area contributed by atoms with Crippen LogP contribution in [0.25, 0.3) is 11.0 Å². The van der Waals surface area contributed by atoms with Gasteiger partial charge < -0.3 is 31.7 Å². The first-order valence-electron chi connectivity index (χ1n) is 8.71. The van der Waals surface area contributed by atoms with Crippen molar-refractivity contribution < 1.29 is 28.7 Å². The molecule has 3 heterocycles. The number of hydrogen-bond acceptors (Lipinski definition) is 7. The van der Waals surface area contributed by atoms with Crippen molar-refractivity contribution >= 4 is 22.8 Å². The van der Waals surface area contributed by atoms with Crippen LogP contribution in [0.2, 0.25) is 0 Å². The topological polar surface area (TPSA) is 163 Å². The second-order valence-electron chi connectivity index (χ2n) is 6.56. The van der Waals surface area contributed by atoms with Crippen LogP contribution in [-0.2, 0) is 9.53 Å². The molecular formula is C16H24FN6O4+. The van der Waals surface area contributed by atoms with E-state index in [1.807, 2.05) is 6.92 Å². The number of rotatable bonds is 6. The summed E-state index contributed by atoms with van der Waals surface area (Å²) in [6, 6.07) is -1.70. The number of nitrogens with one attached hydrogen (secondary N) is 2. The van der Waals surface area contributed by atoms with Crippen LogP contribution >= 0.6 is 0 Å². The van der Waals surface area contributed by atoms with Crippen LogP contribution < -0.4 is 21.4 Å². The number of pyridine rings is 1. The highest BCUT2D eigenvalue weighted by Gasteiger charge is 2.49. The minimum Gasteiger partial charge on any atom is -0.394 e. The molecule has 3 rings (SSSR count). The third-order valence-corrected chi connectivity index (χ3v) is 4.71. The van der Waals surface area contributed by atoms with Gasteiger partial charge in [-0.15, -0.1) is 0 Å². The quantitative estimate of drug-likeness (QED) is 0.328. The van der Waals surface area contributed by atoms with Gasteiger partial charge in [0.2, 0.25) is 29.5 Å². The van der Waals surface area contributed by atoms with Crippen molar-refractivity contribution in [3.63, 3.8) is 0 Å². The number of halogens is 1. The van der Waals surface area contributed by atoms with Gasteiger partial charge in [0.25, 0.3) is 0 Å². The first kappa shape index (κ1) is 19.4. The lowest BCUT2D eigenvalue weighted by molar-refractivity contribution is -0.739. The van der Waals surface area contributed by atoms with Gasteiger partial charge in [-0.05, 0) is 6.42 Å². The smallest absolute Gasteiger partial charge is 0.244 e. The molecule has 0 radical (unpaired) electrons. The Bertz CT molecular complexity index is 831. The summed E-state index contributed by atoms with van der Waals surface area (Å²) >= 11 is 0. The minimum atomic E-state index is -1.21. The number of imidazole rings is 1. The zero-order valence-corrected chi connectivity index (χ0v) is 14.8. The summed E-state index contributed by atoms with van der Waals surface area (Å²) in [5.41, 5.74) is 11.9. The van der Waals surface area contributed by atoms with Crippen LogP contribution in [0.4, 0.5) is 10.2 Å². The number of ether oxygens (including phenoxy) is 1. The van der Waals surface area contributed by atoms with Crippen molar-refractivity contribution in [1.82, 2.24) is 15.3 Å². The van der Waals surface area contributed by atoms with Gasteiger partial charge in [-0.25, -0.2) is 14.4 Å². The van der Waals surface area contributed by atoms with E-state index < -0.39 is 48.9 Å². The van der Waals surface area contributed by atoms with E-state index in [-0.39, 0.29) is 16.9 Å². The zero-order valence-electron chi connectivity index (χ0n) is 14.8. The van der Waals surface area contributed by atoms with Crippen LogP contribution in [0.5, 0.6) is 0 Å². The third-order valence-electron chi connectivity index (χ3n) is 4.71. The summed E-state index contributed by atoms with van der Waals surface area (Å²) in [5.74, 6) is -1.03. The van der Waals surface area contributed by atoms with Gasteiger partial charge in [-0.2, -0.15) is 4.57 Å². The molecular weight excluding hydrogens is 359 g/mol. The van der Waals surface area contributed by atoms with Crippen LogP contribution in [0.3, 0.4) is 0 Å². The molecule has 1 aliphatic heterocycles. The van der Waals surface area contributed by atoms with Crippen molar-refractivity contribution in [2.24, 2.45) is 5.73 Å². The first-order chi connectivity index (χ1) is 12.9. The number of nitrogens with zero attached hydrogens (tertiary/aromatic N) is 2. The standard InChI is InChI=1S/C16H23FN6O4/c1-2-3-8(18)15(26)22-11-13(25)9(5-24)27-16(11)23-6-21-10-12(23)7(17)4-20-14(10)19/h4,6,8-9,11,13,16,24-25H,2-3,5,18H2,1H3,(H3,19,20,22,26)/p+1/t8?,9-,11?,13+,16-/m1/s1. The van der Waals surface area contributed by atoms with E-state index >= 15 is 0 Å². The molecule has 0 spiro atoms. The van der Waals surface area contributed by atoms with E-state index in [9.17, 15) is 19.4 Å². The number of aromatic amines is 1. The predicted molar refractivity (Wildman–Crippen MR) is 92.5 cm³/mol. The summed E-state index contributed by atoms with van der Waals surface area (Å²) in [5, 5.41) is 22.6. The maximum atomic E-state index is 14.4. The molecule has 11 heteroatoms. The summed E-state index contributed by atoms with van der Waals surface area (Å²) in [6.07, 6.45) is 0.423. The van der Waals surface area contributed by atoms with E-state index in [1.165, 1.54) is 10.9 Å². The maximum Gasteiger partial charge on any atom is 0.244 e. The van der Waals surface area contributed by atoms with Crippen LogP contribution in [0.1, 0.15) is 26.0 Å². The predicted octanol–water partition coefficient (Wildman–Crippen LogP) is -1.57. The zero-order chi connectivity index (χ0) is 19.7. The normalized spacial score (nSPS) is 26.4. The Balaban J connectivity index is 1.97. The molecule has 10 nitrogen and oxygen atoms in total. The molecule has 5 atom stereocenters. The number of aliphatic hydroxyl groups excluding tert-OH is 2. The fourth-order valence-corrected chi connectivity index (χ4v) is 3.29. The number of carbonyl (C=O) groups is 1. The Kier molecular flexibility index (Phi) is 5.56. The SMILES string of the molecule is CCCC(N)C(=O)NC1[C@@H](O)[C@@H](CO)O[C@H]1[n+]1c[nH]c2c(N)ncc(F)c21. The average Bonchev–Trinajstić information content (AvgIpc) is 3.21. The van der Waals surface area contributed by atoms with Gasteiger partial charge >= 0.3 is 0 Å². The highest BCUT2D eigenvalue weighted by atomic mass is 19.1. The number of fused-ring (bicyclic) bond motifs is 1. The van der Waals surface area contributed by atoms with Crippen molar-refractivity contribution in [3.05, 3.63) is 18.3 Å². The van der Waals surface area contributed by atoms with Crippen molar-refractivity contribution in [2.45, 2.75) is 50.3 Å². The lowest BCUT2D eigenvalue weighted by Crippen LogP contribution is -2.56. The summed E-state index contributed by atoms with van der Waals surface area (Å²) < 4.78 is 21.4. The summed E-state index contributed by atoms with van der Waals surface area (Å²) in [7, 11) is 0. The molecule has 1 fully saturated rings. The van der Waals surface area contributed by atoms with E-state index in [1.54, 1.807) is 0 Å². The number of aromatic nitrogens is 3. The Labute approximate surface area is 154 Å². The van der Waals surface area contributed by atoms with Crippen LogP contribution in [0.15, 0.2) is 12.5 Å². The fourth-order valence-electron chi connectivity index (χ4n) is 3.29. The van der Waals surface area contributed by atoms with Crippen molar-refractivity contribution in [3.8, 4) is 0 Å². The van der Waals surface area contributed by atoms with Crippen LogP contribution in [-0.4, -0.2) is 57.0 Å². The lowest BCUT2D eigenvalue weighted by Gasteiger charge is -2.22. The minimum absolute atomic E-state index is 0.0791. The second kappa shape index (κ2) is 7.72. The molecule has 2 unspecified atom stereocenters. The van der Waals surface area contributed by atoms with Crippen LogP contribution in [0, 0.1) is 5.82 Å². The van der Waals surface area contributed by atoms with Gasteiger partial charge in [0.15, 0.2) is 11.6 Å². The summed E-state index contributed by atoms with van der Waals surface area (Å²) in [4.78, 5) is 18.9. The van der Waals surface area contributed by atoms with Gasteiger partial charge in [0.05, 0.1) is 18.8 Å². The largest absolute Gasteiger partial charge is 0.394 e. The number of nitrogens with two attached hydrogens (primary N) is 2. The highest BCUT2D eigenvalue weighted by molar-refractivity contribution is 5.82. The molecule has 0 bridgehead atoms. The fraction of sp³-hybridized carbons (Fsp3) is 0.562. The maximum absolute atomic E-state index is 14.4. The van der Waals surface area contributed by atoms with Crippen molar-refractivity contribution in [2.75, 3.05) is 12.3 Å². The van der Waals surface area contributed by atoms with E-state index in [2.05, 4.69) is 15.3 Å². The Morgan fingerprint density at radius 1 is 1.59 bits per heavy atom. The first-order valence-corrected chi connectivity index (χ1v) is 8.71. The van der Waals surface area contributed by atoms with E-state index in [0.29, 0.717) is 6.42 Å². The van der Waals surface area contributed by atoms with Gasteiger partial charge in [-0.1, -0.05) is 13.3 Å². The molecule has 0 aliphatic carbocycles. The van der Waals surface area contributed by atoms with Gasteiger partial charge in [0, 0.05) is 0 Å². The number of carbonyl (C=O) groups excluding carboxylic acids is 1. The lowest BCUT2D eigenvalue weighted by atomic mass is 10.1. The Hall–Kier alpha value is -2.34. The third kappa shape index (κ3) is 3.46. The highest BCUT2D eigenvalue weighted by Crippen LogP contribution is 2.28. The molecule has 27 heavy (non-hydrogen) atoms. The molecule has 2 aromatic rings. The Morgan fingerprint density at radius 3 is 3.00 bits per heavy atom. The molecule has 148 valence electrons. The molecule has 0 saturated carbocycles. The number of anilines is 1. The van der Waals surface area contributed by atoms with E-state index in [4.69, 9.17) is 16.2 Å². The Morgan fingerprint density at radius 2 is 2.33 bits per heavy atom. The van der Waals surface area contributed by atoms with E-state index in [0.717, 1.165) is 12.6 Å². The molecule has 1 amide bonds. The molecule has 1 saturated heterocycles. The average molecular weight is 383 g/mol. The molecule has 8 N–H and O–H groups in total. The summed E-state index contributed by atoms with van der Waals surface area (Å²) in [6.45, 7) is 1.43. The van der Waals surface area contributed by atoms with Gasteiger partial charge in [0.1, 0.15) is 18.2 Å². The second-order valence-corrected chi connectivity index (χ2v) is 6.56. The number of H-pyrrole nitrogens is 1. The number of nitrogen functional groups attached to an aromatic ring is 1. The number of aliphatic hydroxyl groups is 2. The monoisotopic (exact) mass is 383 g/mol. The van der Waals surface area contributed by atoms with Crippen molar-refractivity contribution in [1.29, 1.82) is 0 Å². The number of hydrogen-bond donors (Lipinski definition) is 6. The number of amides is 1. The van der Waals surface area contributed by atoms with Gasteiger partial charge in [-0.3, -0.25) is 4.79 Å². The molecule has 0 aromatic carbocycles.